The standard InChI is InChI=1S/C20H27N3O3S/c1-2-26-19(25)8-9-21-20(27)23-11-5-10-22(23)18(24)14-15-12-16-6-3-4-7-17(16)13-15/h3-4,6-7,15H,2,5,8-14H2,1H3,(H,21,27). The van der Waals surface area contributed by atoms with Gasteiger partial charge in [0.05, 0.1) is 13.0 Å². The monoisotopic (exact) mass is 389 g/mol. The number of fused-ring (bicyclic) bond motifs is 1. The molecular weight excluding hydrogens is 362 g/mol. The summed E-state index contributed by atoms with van der Waals surface area (Å²) in [4.78, 5) is 24.3. The summed E-state index contributed by atoms with van der Waals surface area (Å²) >= 11 is 5.44. The molecule has 3 rings (SSSR count). The SMILES string of the molecule is CCOC(=O)CCNC(=S)N1CCCN1C(=O)CC1Cc2ccccc2C1. The van der Waals surface area contributed by atoms with Crippen molar-refractivity contribution in [3.05, 3.63) is 35.4 Å². The lowest BCUT2D eigenvalue weighted by molar-refractivity contribution is -0.143. The first kappa shape index (κ1) is 19.6. The van der Waals surface area contributed by atoms with E-state index in [0.717, 1.165) is 25.8 Å². The summed E-state index contributed by atoms with van der Waals surface area (Å²) in [5, 5.41) is 7.17. The fourth-order valence-corrected chi connectivity index (χ4v) is 4.12. The van der Waals surface area contributed by atoms with Crippen LogP contribution >= 0.6 is 12.2 Å². The van der Waals surface area contributed by atoms with Crippen LogP contribution in [0.1, 0.15) is 37.3 Å². The van der Waals surface area contributed by atoms with Gasteiger partial charge in [-0.15, -0.1) is 0 Å². The summed E-state index contributed by atoms with van der Waals surface area (Å²) in [6.45, 7) is 3.99. The normalized spacial score (nSPS) is 16.3. The van der Waals surface area contributed by atoms with Gasteiger partial charge in [0.25, 0.3) is 0 Å². The maximum absolute atomic E-state index is 12.9. The number of amides is 1. The van der Waals surface area contributed by atoms with E-state index in [1.165, 1.54) is 11.1 Å². The molecule has 6 nitrogen and oxygen atoms in total. The van der Waals surface area contributed by atoms with Crippen LogP contribution in [0, 0.1) is 5.92 Å². The van der Waals surface area contributed by atoms with Crippen molar-refractivity contribution in [1.82, 2.24) is 15.3 Å². The van der Waals surface area contributed by atoms with E-state index in [1.54, 1.807) is 11.9 Å². The van der Waals surface area contributed by atoms with Crippen molar-refractivity contribution < 1.29 is 14.3 Å². The number of hydrogen-bond acceptors (Lipinski definition) is 4. The highest BCUT2D eigenvalue weighted by atomic mass is 32.1. The molecule has 2 aliphatic rings. The largest absolute Gasteiger partial charge is 0.466 e. The summed E-state index contributed by atoms with van der Waals surface area (Å²) in [5.41, 5.74) is 2.73. The molecule has 0 unspecified atom stereocenters. The van der Waals surface area contributed by atoms with Gasteiger partial charge < -0.3 is 10.1 Å². The highest BCUT2D eigenvalue weighted by Gasteiger charge is 2.31. The first-order valence-electron chi connectivity index (χ1n) is 9.66. The molecular formula is C20H27N3O3S. The third kappa shape index (κ3) is 4.97. The zero-order chi connectivity index (χ0) is 19.2. The lowest BCUT2D eigenvalue weighted by atomic mass is 10.0. The smallest absolute Gasteiger partial charge is 0.307 e. The molecule has 0 atom stereocenters. The number of rotatable bonds is 6. The van der Waals surface area contributed by atoms with Gasteiger partial charge >= 0.3 is 5.97 Å². The molecule has 1 N–H and O–H groups in total. The van der Waals surface area contributed by atoms with Gasteiger partial charge in [-0.3, -0.25) is 19.6 Å². The Morgan fingerprint density at radius 1 is 1.19 bits per heavy atom. The maximum atomic E-state index is 12.9. The highest BCUT2D eigenvalue weighted by molar-refractivity contribution is 7.80. The Kier molecular flexibility index (Phi) is 6.66. The summed E-state index contributed by atoms with van der Waals surface area (Å²) in [6.07, 6.45) is 3.64. The Bertz CT molecular complexity index is 684. The van der Waals surface area contributed by atoms with E-state index < -0.39 is 0 Å². The zero-order valence-corrected chi connectivity index (χ0v) is 16.6. The van der Waals surface area contributed by atoms with Crippen LogP contribution in [0.15, 0.2) is 24.3 Å². The van der Waals surface area contributed by atoms with E-state index in [4.69, 9.17) is 17.0 Å². The van der Waals surface area contributed by atoms with Crippen LogP contribution in [0.2, 0.25) is 0 Å². The lowest BCUT2D eigenvalue weighted by Gasteiger charge is -2.31. The lowest BCUT2D eigenvalue weighted by Crippen LogP contribution is -2.49. The van der Waals surface area contributed by atoms with Crippen molar-refractivity contribution >= 4 is 29.2 Å². The molecule has 1 aromatic rings. The average molecular weight is 390 g/mol. The van der Waals surface area contributed by atoms with Crippen LogP contribution in [0.4, 0.5) is 0 Å². The van der Waals surface area contributed by atoms with Gasteiger partial charge in [0.15, 0.2) is 5.11 Å². The van der Waals surface area contributed by atoms with E-state index in [9.17, 15) is 9.59 Å². The van der Waals surface area contributed by atoms with Crippen molar-refractivity contribution in [2.45, 2.75) is 39.0 Å². The van der Waals surface area contributed by atoms with Crippen LogP contribution in [0.3, 0.4) is 0 Å². The fourth-order valence-electron chi connectivity index (χ4n) is 3.82. The average Bonchev–Trinajstić information content (AvgIpc) is 3.28. The van der Waals surface area contributed by atoms with Crippen molar-refractivity contribution in [2.75, 3.05) is 26.2 Å². The van der Waals surface area contributed by atoms with Crippen LogP contribution in [0.5, 0.6) is 0 Å². The fraction of sp³-hybridized carbons (Fsp3) is 0.550. The summed E-state index contributed by atoms with van der Waals surface area (Å²) < 4.78 is 4.91. The van der Waals surface area contributed by atoms with E-state index in [-0.39, 0.29) is 18.3 Å². The van der Waals surface area contributed by atoms with Gasteiger partial charge in [0.2, 0.25) is 5.91 Å². The number of benzene rings is 1. The van der Waals surface area contributed by atoms with Crippen LogP contribution in [-0.2, 0) is 27.2 Å². The van der Waals surface area contributed by atoms with Crippen molar-refractivity contribution in [3.8, 4) is 0 Å². The van der Waals surface area contributed by atoms with Crippen LogP contribution < -0.4 is 5.32 Å². The predicted octanol–water partition coefficient (Wildman–Crippen LogP) is 2.07. The molecule has 1 heterocycles. The quantitative estimate of drug-likeness (QED) is 0.594. The van der Waals surface area contributed by atoms with Gasteiger partial charge in [-0.25, -0.2) is 0 Å². The Balaban J connectivity index is 1.48. The Labute approximate surface area is 165 Å². The molecule has 0 spiro atoms. The molecule has 7 heteroatoms. The molecule has 1 amide bonds. The number of esters is 1. The summed E-state index contributed by atoms with van der Waals surface area (Å²) in [7, 11) is 0. The van der Waals surface area contributed by atoms with E-state index in [2.05, 4.69) is 29.6 Å². The number of carbonyl (C=O) groups excluding carboxylic acids is 2. The van der Waals surface area contributed by atoms with E-state index in [1.807, 2.05) is 5.01 Å². The van der Waals surface area contributed by atoms with Gasteiger partial charge in [-0.1, -0.05) is 24.3 Å². The summed E-state index contributed by atoms with van der Waals surface area (Å²) in [6, 6.07) is 8.44. The Morgan fingerprint density at radius 3 is 2.52 bits per heavy atom. The third-order valence-corrected chi connectivity index (χ3v) is 5.42. The first-order chi connectivity index (χ1) is 13.1. The number of nitrogens with zero attached hydrogens (tertiary/aromatic N) is 2. The first-order valence-corrected chi connectivity index (χ1v) is 10.1. The highest BCUT2D eigenvalue weighted by Crippen LogP contribution is 2.29. The molecule has 0 saturated carbocycles. The number of nitrogens with one attached hydrogen (secondary N) is 1. The van der Waals surface area contributed by atoms with Crippen LogP contribution in [-0.4, -0.2) is 53.2 Å². The molecule has 146 valence electrons. The van der Waals surface area contributed by atoms with E-state index >= 15 is 0 Å². The number of ether oxygens (including phenoxy) is 1. The second-order valence-corrected chi connectivity index (χ2v) is 7.41. The van der Waals surface area contributed by atoms with Crippen LogP contribution in [0.25, 0.3) is 0 Å². The zero-order valence-electron chi connectivity index (χ0n) is 15.8. The minimum Gasteiger partial charge on any atom is -0.466 e. The molecule has 1 aromatic carbocycles. The van der Waals surface area contributed by atoms with E-state index in [0.29, 0.717) is 37.1 Å². The predicted molar refractivity (Wildman–Crippen MR) is 107 cm³/mol. The molecule has 1 aliphatic heterocycles. The molecule has 0 aromatic heterocycles. The molecule has 0 radical (unpaired) electrons. The minimum absolute atomic E-state index is 0.125. The minimum atomic E-state index is -0.247. The van der Waals surface area contributed by atoms with Crippen molar-refractivity contribution in [2.24, 2.45) is 5.92 Å². The van der Waals surface area contributed by atoms with Gasteiger partial charge in [-0.05, 0) is 55.4 Å². The molecule has 1 fully saturated rings. The second kappa shape index (κ2) is 9.17. The Hall–Kier alpha value is -2.15. The summed E-state index contributed by atoms with van der Waals surface area (Å²) in [5.74, 6) is 0.241. The maximum Gasteiger partial charge on any atom is 0.307 e. The Morgan fingerprint density at radius 2 is 1.85 bits per heavy atom. The topological polar surface area (TPSA) is 61.9 Å². The number of hydrogen-bond donors (Lipinski definition) is 1. The number of thiocarbonyl (C=S) groups is 1. The van der Waals surface area contributed by atoms with Gasteiger partial charge in [-0.2, -0.15) is 0 Å². The third-order valence-electron chi connectivity index (χ3n) is 5.06. The number of hydrazine groups is 1. The van der Waals surface area contributed by atoms with Gasteiger partial charge in [0, 0.05) is 26.1 Å². The van der Waals surface area contributed by atoms with Crippen molar-refractivity contribution in [3.63, 3.8) is 0 Å². The second-order valence-electron chi connectivity index (χ2n) is 7.03. The molecule has 1 saturated heterocycles. The molecule has 0 bridgehead atoms. The molecule has 1 aliphatic carbocycles. The van der Waals surface area contributed by atoms with Crippen molar-refractivity contribution in [1.29, 1.82) is 0 Å². The molecule has 27 heavy (non-hydrogen) atoms. The number of carbonyl (C=O) groups is 2. The van der Waals surface area contributed by atoms with Gasteiger partial charge in [0.1, 0.15) is 0 Å².